The Morgan fingerprint density at radius 3 is 0.829 bits per heavy atom. The van der Waals surface area contributed by atoms with E-state index in [1.165, 1.54) is 128 Å². The van der Waals surface area contributed by atoms with E-state index in [2.05, 4.69) is 34.6 Å². The van der Waals surface area contributed by atoms with Crippen LogP contribution in [0, 0.1) is 5.92 Å². The van der Waals surface area contributed by atoms with Gasteiger partial charge in [-0.25, -0.2) is 9.13 Å². The van der Waals surface area contributed by atoms with Crippen molar-refractivity contribution in [1.29, 1.82) is 0 Å². The number of unbranched alkanes of at least 4 members (excludes halogenated alkanes) is 35. The van der Waals surface area contributed by atoms with E-state index in [4.69, 9.17) is 37.0 Å². The zero-order valence-corrected chi connectivity index (χ0v) is 54.4. The zero-order chi connectivity index (χ0) is 60.6. The van der Waals surface area contributed by atoms with Gasteiger partial charge in [0, 0.05) is 25.7 Å². The number of esters is 4. The van der Waals surface area contributed by atoms with Crippen molar-refractivity contribution in [3.8, 4) is 0 Å². The first-order chi connectivity index (χ1) is 39.5. The molecule has 0 heterocycles. The second-order valence-electron chi connectivity index (χ2n) is 23.3. The lowest BCUT2D eigenvalue weighted by molar-refractivity contribution is -0.161. The van der Waals surface area contributed by atoms with Crippen molar-refractivity contribution in [2.24, 2.45) is 5.92 Å². The lowest BCUT2D eigenvalue weighted by Crippen LogP contribution is -2.30. The van der Waals surface area contributed by atoms with Gasteiger partial charge in [-0.15, -0.1) is 0 Å². The Hall–Kier alpha value is -1.94. The van der Waals surface area contributed by atoms with Crippen LogP contribution in [0.15, 0.2) is 0 Å². The fourth-order valence-electron chi connectivity index (χ4n) is 9.41. The molecule has 3 N–H and O–H groups in total. The van der Waals surface area contributed by atoms with Crippen molar-refractivity contribution in [2.45, 2.75) is 335 Å². The highest BCUT2D eigenvalue weighted by Crippen LogP contribution is 2.45. The molecular formula is C63H122O17P2. The molecule has 0 aromatic heterocycles. The minimum absolute atomic E-state index is 0.106. The molecular weight excluding hydrogens is 1090 g/mol. The highest BCUT2D eigenvalue weighted by atomic mass is 31.2. The predicted molar refractivity (Wildman–Crippen MR) is 326 cm³/mol. The summed E-state index contributed by atoms with van der Waals surface area (Å²) in [5.41, 5.74) is 0. The summed E-state index contributed by atoms with van der Waals surface area (Å²) in [4.78, 5) is 72.1. The van der Waals surface area contributed by atoms with Gasteiger partial charge in [0.15, 0.2) is 12.2 Å². The first-order valence-electron chi connectivity index (χ1n) is 33.1. The summed E-state index contributed by atoms with van der Waals surface area (Å²) in [6, 6.07) is 0. The normalized spacial score (nSPS) is 14.3. The van der Waals surface area contributed by atoms with Crippen LogP contribution in [-0.2, 0) is 65.4 Å². The van der Waals surface area contributed by atoms with Crippen LogP contribution in [0.3, 0.4) is 0 Å². The monoisotopic (exact) mass is 1210 g/mol. The maximum absolute atomic E-state index is 13.0. The minimum atomic E-state index is -4.94. The Morgan fingerprint density at radius 2 is 0.561 bits per heavy atom. The van der Waals surface area contributed by atoms with Crippen LogP contribution in [0.25, 0.3) is 0 Å². The van der Waals surface area contributed by atoms with Crippen molar-refractivity contribution in [3.63, 3.8) is 0 Å². The Kier molecular flexibility index (Phi) is 55.5. The van der Waals surface area contributed by atoms with Gasteiger partial charge >= 0.3 is 39.5 Å². The van der Waals surface area contributed by atoms with Crippen LogP contribution in [0.1, 0.15) is 317 Å². The molecule has 2 unspecified atom stereocenters. The number of carbonyl (C=O) groups is 4. The van der Waals surface area contributed by atoms with Crippen LogP contribution in [0.5, 0.6) is 0 Å². The fraction of sp³-hybridized carbons (Fsp3) is 0.937. The third-order valence-electron chi connectivity index (χ3n) is 14.5. The van der Waals surface area contributed by atoms with Gasteiger partial charge in [0.05, 0.1) is 26.4 Å². The molecule has 5 atom stereocenters. The molecule has 0 rings (SSSR count). The van der Waals surface area contributed by atoms with Crippen LogP contribution < -0.4 is 0 Å². The second kappa shape index (κ2) is 56.8. The molecule has 0 amide bonds. The third kappa shape index (κ3) is 57.2. The number of phosphoric ester groups is 2. The molecule has 0 saturated carbocycles. The van der Waals surface area contributed by atoms with Crippen LogP contribution >= 0.6 is 15.6 Å². The molecule has 0 aliphatic heterocycles. The molecule has 82 heavy (non-hydrogen) atoms. The van der Waals surface area contributed by atoms with Crippen LogP contribution in [0.2, 0.25) is 0 Å². The second-order valence-corrected chi connectivity index (χ2v) is 26.2. The van der Waals surface area contributed by atoms with Crippen molar-refractivity contribution in [1.82, 2.24) is 0 Å². The molecule has 0 aromatic rings. The Balaban J connectivity index is 5.22. The highest BCUT2D eigenvalue weighted by Gasteiger charge is 2.30. The Bertz CT molecular complexity index is 1600. The average molecular weight is 1210 g/mol. The Labute approximate surface area is 498 Å². The van der Waals surface area contributed by atoms with Gasteiger partial charge < -0.3 is 33.8 Å². The maximum atomic E-state index is 13.0. The lowest BCUT2D eigenvalue weighted by Gasteiger charge is -2.21. The number of phosphoric acid groups is 2. The first-order valence-corrected chi connectivity index (χ1v) is 36.1. The number of hydrogen-bond acceptors (Lipinski definition) is 15. The SMILES string of the molecule is CCCCCCCCCCCCCCC(=O)OC[C@H](COP(=O)(O)OC[C@@H](O)COP(=O)(O)OC[C@@H](COC(=O)CCCCCCCCC)OC(=O)CCCCCCCCCCCCC)OC(=O)CCCCCCCCCCCC(C)C. The molecule has 0 spiro atoms. The Morgan fingerprint density at radius 1 is 0.329 bits per heavy atom. The molecule has 0 radical (unpaired) electrons. The van der Waals surface area contributed by atoms with Gasteiger partial charge in [0.1, 0.15) is 19.3 Å². The summed E-state index contributed by atoms with van der Waals surface area (Å²) in [7, 11) is -9.88. The maximum Gasteiger partial charge on any atom is 0.472 e. The molecule has 0 bridgehead atoms. The lowest BCUT2D eigenvalue weighted by atomic mass is 10.0. The zero-order valence-electron chi connectivity index (χ0n) is 52.6. The van der Waals surface area contributed by atoms with E-state index in [0.717, 1.165) is 109 Å². The number of hydrogen-bond donors (Lipinski definition) is 3. The number of aliphatic hydroxyl groups is 1. The van der Waals surface area contributed by atoms with Gasteiger partial charge in [-0.05, 0) is 31.6 Å². The molecule has 0 aliphatic carbocycles. The van der Waals surface area contributed by atoms with E-state index in [-0.39, 0.29) is 25.7 Å². The summed E-state index contributed by atoms with van der Waals surface area (Å²) in [5, 5.41) is 10.5. The summed E-state index contributed by atoms with van der Waals surface area (Å²) >= 11 is 0. The molecule has 0 fully saturated rings. The number of ether oxygens (including phenoxy) is 4. The molecule has 486 valence electrons. The molecule has 0 aromatic carbocycles. The van der Waals surface area contributed by atoms with E-state index in [1.54, 1.807) is 0 Å². The van der Waals surface area contributed by atoms with Gasteiger partial charge in [-0.3, -0.25) is 37.3 Å². The third-order valence-corrected chi connectivity index (χ3v) is 16.4. The van der Waals surface area contributed by atoms with Crippen molar-refractivity contribution in [2.75, 3.05) is 39.6 Å². The predicted octanol–water partition coefficient (Wildman–Crippen LogP) is 17.4. The van der Waals surface area contributed by atoms with E-state index in [1.807, 2.05) is 0 Å². The first kappa shape index (κ1) is 80.1. The summed E-state index contributed by atoms with van der Waals surface area (Å²) in [6.07, 6.45) is 40.3. The topological polar surface area (TPSA) is 237 Å². The van der Waals surface area contributed by atoms with Crippen LogP contribution in [-0.4, -0.2) is 96.7 Å². The number of aliphatic hydroxyl groups excluding tert-OH is 1. The van der Waals surface area contributed by atoms with E-state index >= 15 is 0 Å². The quantitative estimate of drug-likeness (QED) is 0.0222. The molecule has 17 nitrogen and oxygen atoms in total. The summed E-state index contributed by atoms with van der Waals surface area (Å²) < 4.78 is 67.9. The number of rotatable bonds is 63. The van der Waals surface area contributed by atoms with Crippen LogP contribution in [0.4, 0.5) is 0 Å². The van der Waals surface area contributed by atoms with Crippen molar-refractivity contribution >= 4 is 39.5 Å². The largest absolute Gasteiger partial charge is 0.472 e. The van der Waals surface area contributed by atoms with E-state index in [9.17, 15) is 43.2 Å². The van der Waals surface area contributed by atoms with E-state index in [0.29, 0.717) is 25.7 Å². The molecule has 0 aliphatic rings. The number of carbonyl (C=O) groups excluding carboxylic acids is 4. The van der Waals surface area contributed by atoms with Gasteiger partial charge in [0.25, 0.3) is 0 Å². The van der Waals surface area contributed by atoms with Crippen molar-refractivity contribution < 1.29 is 80.2 Å². The molecule has 0 saturated heterocycles. The summed E-state index contributed by atoms with van der Waals surface area (Å²) in [5.74, 6) is -1.40. The van der Waals surface area contributed by atoms with E-state index < -0.39 is 97.5 Å². The van der Waals surface area contributed by atoms with Gasteiger partial charge in [-0.2, -0.15) is 0 Å². The summed E-state index contributed by atoms with van der Waals surface area (Å²) in [6.45, 7) is 7.12. The highest BCUT2D eigenvalue weighted by molar-refractivity contribution is 7.47. The average Bonchev–Trinajstić information content (AvgIpc) is 3.44. The fourth-order valence-corrected chi connectivity index (χ4v) is 11.0. The van der Waals surface area contributed by atoms with Gasteiger partial charge in [-0.1, -0.05) is 266 Å². The smallest absolute Gasteiger partial charge is 0.462 e. The standard InChI is InChI=1S/C63H122O17P2/c1-6-9-12-15-18-20-22-24-27-32-37-42-47-61(66)74-53-59(80-63(68)49-44-39-34-29-25-26-31-35-40-45-56(4)5)55-78-82(71,72)76-51-57(64)50-75-81(69,70)77-54-58(52-73-60(65)46-41-36-30-17-14-11-8-3)79-62(67)48-43-38-33-28-23-21-19-16-13-10-7-2/h56-59,64H,6-55H2,1-5H3,(H,69,70)(H,71,72)/t57-,58+,59+/m0/s1. The van der Waals surface area contributed by atoms with Crippen molar-refractivity contribution in [3.05, 3.63) is 0 Å². The molecule has 19 heteroatoms. The minimum Gasteiger partial charge on any atom is -0.462 e. The van der Waals surface area contributed by atoms with Gasteiger partial charge in [0.2, 0.25) is 0 Å².